The van der Waals surface area contributed by atoms with E-state index < -0.39 is 12.1 Å². The lowest BCUT2D eigenvalue weighted by Gasteiger charge is -2.03. The molecular formula is C25H28F3N7O2S. The summed E-state index contributed by atoms with van der Waals surface area (Å²) in [6.45, 7) is 3.70. The van der Waals surface area contributed by atoms with E-state index in [1.54, 1.807) is 17.5 Å². The van der Waals surface area contributed by atoms with Crippen molar-refractivity contribution in [1.29, 1.82) is 0 Å². The zero-order valence-corrected chi connectivity index (χ0v) is 21.5. The Kier molecular flexibility index (Phi) is 10.3. The highest BCUT2D eigenvalue weighted by atomic mass is 32.1. The molecule has 0 aliphatic rings. The molecule has 3 aromatic heterocycles. The van der Waals surface area contributed by atoms with Crippen LogP contribution in [0.15, 0.2) is 54.2 Å². The van der Waals surface area contributed by atoms with Gasteiger partial charge >= 0.3 is 12.1 Å². The van der Waals surface area contributed by atoms with Crippen LogP contribution in [-0.4, -0.2) is 48.8 Å². The van der Waals surface area contributed by atoms with Gasteiger partial charge in [0.2, 0.25) is 0 Å². The molecule has 0 amide bonds. The fourth-order valence-electron chi connectivity index (χ4n) is 3.34. The van der Waals surface area contributed by atoms with Crippen molar-refractivity contribution in [3.8, 4) is 22.6 Å². The van der Waals surface area contributed by atoms with Crippen molar-refractivity contribution in [2.24, 2.45) is 5.73 Å². The number of carboxylic acid groups (broad SMARTS) is 1. The van der Waals surface area contributed by atoms with Gasteiger partial charge in [0.05, 0.1) is 17.6 Å². The largest absolute Gasteiger partial charge is 0.490 e. The van der Waals surface area contributed by atoms with E-state index in [1.807, 2.05) is 35.1 Å². The monoisotopic (exact) mass is 547 g/mol. The summed E-state index contributed by atoms with van der Waals surface area (Å²) in [6, 6.07) is 12.2. The molecular weight excluding hydrogens is 519 g/mol. The molecule has 0 aliphatic heterocycles. The molecule has 0 saturated carbocycles. The molecule has 0 spiro atoms. The first-order valence-corrected chi connectivity index (χ1v) is 12.7. The zero-order chi connectivity index (χ0) is 27.5. The van der Waals surface area contributed by atoms with Crippen LogP contribution in [0.4, 0.5) is 24.0 Å². The third-order valence-corrected chi connectivity index (χ3v) is 5.97. The molecule has 0 radical (unpaired) electrons. The summed E-state index contributed by atoms with van der Waals surface area (Å²) in [4.78, 5) is 18.1. The van der Waals surface area contributed by atoms with Crippen LogP contribution in [0.25, 0.3) is 22.6 Å². The van der Waals surface area contributed by atoms with Crippen molar-refractivity contribution < 1.29 is 23.1 Å². The molecule has 4 aromatic rings. The molecule has 38 heavy (non-hydrogen) atoms. The Morgan fingerprint density at radius 3 is 2.58 bits per heavy atom. The minimum absolute atomic E-state index is 0.762. The minimum atomic E-state index is -5.08. The number of nitrogens with one attached hydrogen (secondary N) is 1. The number of hydrogen-bond acceptors (Lipinski definition) is 8. The van der Waals surface area contributed by atoms with Crippen molar-refractivity contribution in [3.05, 3.63) is 59.7 Å². The maximum atomic E-state index is 10.6. The number of alkyl halides is 3. The first-order valence-electron chi connectivity index (χ1n) is 11.8. The number of aliphatic carboxylic acids is 1. The average molecular weight is 548 g/mol. The number of hydrogen-bond donors (Lipinski definition) is 3. The number of carbonyl (C=O) groups is 1. The number of halogens is 3. The summed E-state index contributed by atoms with van der Waals surface area (Å²) >= 11 is 1.58. The predicted molar refractivity (Wildman–Crippen MR) is 140 cm³/mol. The average Bonchev–Trinajstić information content (AvgIpc) is 3.54. The quantitative estimate of drug-likeness (QED) is 0.217. The molecule has 202 valence electrons. The van der Waals surface area contributed by atoms with Crippen LogP contribution >= 0.6 is 11.3 Å². The van der Waals surface area contributed by atoms with Crippen LogP contribution in [-0.2, 0) is 11.3 Å². The lowest BCUT2D eigenvalue weighted by Crippen LogP contribution is -2.21. The van der Waals surface area contributed by atoms with Crippen LogP contribution in [0.3, 0.4) is 0 Å². The van der Waals surface area contributed by atoms with E-state index in [0.717, 1.165) is 72.2 Å². The molecule has 1 aromatic carbocycles. The molecule has 0 atom stereocenters. The van der Waals surface area contributed by atoms with Crippen LogP contribution in [0.5, 0.6) is 0 Å². The Morgan fingerprint density at radius 2 is 1.87 bits per heavy atom. The SMILES string of the molecule is Cc1cccc(Nc2nc(-c3ccnc(-c4cn(CCCCCCN)nn4)c3)cs2)c1.O=C(O)C(F)(F)F. The fourth-order valence-corrected chi connectivity index (χ4v) is 4.08. The van der Waals surface area contributed by atoms with Gasteiger partial charge in [-0.3, -0.25) is 9.67 Å². The Morgan fingerprint density at radius 1 is 1.11 bits per heavy atom. The van der Waals surface area contributed by atoms with Crippen LogP contribution in [0.2, 0.25) is 0 Å². The van der Waals surface area contributed by atoms with Crippen molar-refractivity contribution in [2.75, 3.05) is 11.9 Å². The van der Waals surface area contributed by atoms with Crippen LogP contribution < -0.4 is 11.1 Å². The summed E-state index contributed by atoms with van der Waals surface area (Å²) in [5.41, 5.74) is 11.3. The third kappa shape index (κ3) is 8.92. The maximum absolute atomic E-state index is 10.6. The number of aromatic nitrogens is 5. The van der Waals surface area contributed by atoms with E-state index in [1.165, 1.54) is 5.56 Å². The van der Waals surface area contributed by atoms with Gasteiger partial charge in [-0.25, -0.2) is 9.78 Å². The summed E-state index contributed by atoms with van der Waals surface area (Å²) < 4.78 is 33.6. The van der Waals surface area contributed by atoms with E-state index in [4.69, 9.17) is 20.6 Å². The fraction of sp³-hybridized carbons (Fsp3) is 0.320. The Labute approximate surface area is 221 Å². The number of nitrogens with two attached hydrogens (primary N) is 1. The van der Waals surface area contributed by atoms with Crippen molar-refractivity contribution in [1.82, 2.24) is 25.0 Å². The molecule has 0 aliphatic carbocycles. The number of thiazole rings is 1. The molecule has 4 N–H and O–H groups in total. The second-order valence-electron chi connectivity index (χ2n) is 8.33. The lowest BCUT2D eigenvalue weighted by atomic mass is 10.1. The molecule has 4 rings (SSSR count). The number of nitrogens with zero attached hydrogens (tertiary/aromatic N) is 5. The van der Waals surface area contributed by atoms with Gasteiger partial charge in [-0.2, -0.15) is 13.2 Å². The number of rotatable bonds is 10. The van der Waals surface area contributed by atoms with E-state index in [0.29, 0.717) is 0 Å². The number of unbranched alkanes of at least 4 members (excludes halogenated alkanes) is 3. The standard InChI is InChI=1S/C23H27N7S.C2HF3O2/c1-17-7-6-8-19(13-17)26-23-27-22(16-31-23)18-9-11-25-20(14-18)21-15-30(29-28-21)12-5-3-2-4-10-24;3-2(4,5)1(6)7/h6-9,11,13-16H,2-5,10,12,24H2,1H3,(H,26,27);(H,6,7). The molecule has 0 unspecified atom stereocenters. The van der Waals surface area contributed by atoms with Gasteiger partial charge in [0.25, 0.3) is 0 Å². The Balaban J connectivity index is 0.000000505. The summed E-state index contributed by atoms with van der Waals surface area (Å²) in [7, 11) is 0. The first-order chi connectivity index (χ1) is 18.2. The van der Waals surface area contributed by atoms with Gasteiger partial charge < -0.3 is 16.2 Å². The van der Waals surface area contributed by atoms with Gasteiger partial charge in [0, 0.05) is 29.4 Å². The summed E-state index contributed by atoms with van der Waals surface area (Å²) in [6.07, 6.45) is 3.15. The minimum Gasteiger partial charge on any atom is -0.475 e. The van der Waals surface area contributed by atoms with E-state index in [-0.39, 0.29) is 0 Å². The third-order valence-electron chi connectivity index (χ3n) is 5.21. The zero-order valence-electron chi connectivity index (χ0n) is 20.6. The van der Waals surface area contributed by atoms with Crippen LogP contribution in [0.1, 0.15) is 31.2 Å². The van der Waals surface area contributed by atoms with E-state index in [2.05, 4.69) is 45.0 Å². The smallest absolute Gasteiger partial charge is 0.475 e. The number of carboxylic acids is 1. The Bertz CT molecular complexity index is 1320. The number of pyridine rings is 1. The van der Waals surface area contributed by atoms with Crippen molar-refractivity contribution >= 4 is 28.1 Å². The maximum Gasteiger partial charge on any atom is 0.490 e. The van der Waals surface area contributed by atoms with Crippen LogP contribution in [0, 0.1) is 6.92 Å². The van der Waals surface area contributed by atoms with Gasteiger partial charge in [0.1, 0.15) is 5.69 Å². The molecule has 9 nitrogen and oxygen atoms in total. The predicted octanol–water partition coefficient (Wildman–Crippen LogP) is 5.67. The molecule has 13 heteroatoms. The Hall–Kier alpha value is -3.84. The highest BCUT2D eigenvalue weighted by Gasteiger charge is 2.38. The first kappa shape index (κ1) is 28.7. The summed E-state index contributed by atoms with van der Waals surface area (Å²) in [5, 5.41) is 22.0. The molecule has 0 saturated heterocycles. The van der Waals surface area contributed by atoms with Gasteiger partial charge in [-0.05, 0) is 56.1 Å². The molecule has 0 bridgehead atoms. The topological polar surface area (TPSA) is 132 Å². The number of benzene rings is 1. The van der Waals surface area contributed by atoms with E-state index >= 15 is 0 Å². The van der Waals surface area contributed by atoms with Gasteiger partial charge in [-0.1, -0.05) is 30.2 Å². The van der Waals surface area contributed by atoms with Crippen molar-refractivity contribution in [2.45, 2.75) is 45.3 Å². The van der Waals surface area contributed by atoms with E-state index in [9.17, 15) is 13.2 Å². The van der Waals surface area contributed by atoms with Crippen molar-refractivity contribution in [3.63, 3.8) is 0 Å². The summed E-state index contributed by atoms with van der Waals surface area (Å²) in [5.74, 6) is -2.76. The lowest BCUT2D eigenvalue weighted by molar-refractivity contribution is -0.192. The number of aryl methyl sites for hydroxylation is 2. The second kappa shape index (κ2) is 13.6. The molecule has 3 heterocycles. The molecule has 0 fully saturated rings. The highest BCUT2D eigenvalue weighted by molar-refractivity contribution is 7.14. The highest BCUT2D eigenvalue weighted by Crippen LogP contribution is 2.29. The second-order valence-corrected chi connectivity index (χ2v) is 9.19. The van der Waals surface area contributed by atoms with Gasteiger partial charge in [-0.15, -0.1) is 16.4 Å². The normalized spacial score (nSPS) is 11.1. The van der Waals surface area contributed by atoms with Gasteiger partial charge in [0.15, 0.2) is 5.13 Å². The number of anilines is 2.